The van der Waals surface area contributed by atoms with Crippen LogP contribution in [0.5, 0.6) is 0 Å². The number of halogens is 2. The summed E-state index contributed by atoms with van der Waals surface area (Å²) in [7, 11) is 1.81. The Hall–Kier alpha value is -2.39. The van der Waals surface area contributed by atoms with Crippen LogP contribution in [-0.4, -0.2) is 58.8 Å². The maximum Gasteiger partial charge on any atom is 0.243 e. The summed E-state index contributed by atoms with van der Waals surface area (Å²) >= 11 is 1.23. The molecule has 1 N–H and O–H groups in total. The van der Waals surface area contributed by atoms with Crippen molar-refractivity contribution in [2.45, 2.75) is 38.8 Å². The van der Waals surface area contributed by atoms with E-state index in [1.54, 1.807) is 17.2 Å². The van der Waals surface area contributed by atoms with Crippen LogP contribution in [0.25, 0.3) is 11.3 Å². The van der Waals surface area contributed by atoms with Gasteiger partial charge in [-0.1, -0.05) is 0 Å². The predicted octanol–water partition coefficient (Wildman–Crippen LogP) is 3.36. The van der Waals surface area contributed by atoms with Gasteiger partial charge in [-0.2, -0.15) is 0 Å². The molecular weight excluding hydrogens is 398 g/mol. The van der Waals surface area contributed by atoms with Crippen LogP contribution in [0.3, 0.4) is 0 Å². The van der Waals surface area contributed by atoms with Gasteiger partial charge in [-0.3, -0.25) is 14.5 Å². The minimum atomic E-state index is -0.937. The number of amides is 2. The van der Waals surface area contributed by atoms with Gasteiger partial charge in [0.1, 0.15) is 0 Å². The summed E-state index contributed by atoms with van der Waals surface area (Å²) in [6, 6.07) is 3.45. The number of nitrogens with zero attached hydrogens (tertiary/aromatic N) is 3. The van der Waals surface area contributed by atoms with Gasteiger partial charge in [0.15, 0.2) is 16.8 Å². The Morgan fingerprint density at radius 3 is 2.59 bits per heavy atom. The first-order chi connectivity index (χ1) is 13.8. The van der Waals surface area contributed by atoms with Gasteiger partial charge >= 0.3 is 0 Å². The van der Waals surface area contributed by atoms with E-state index in [1.807, 2.05) is 14.0 Å². The van der Waals surface area contributed by atoms with Crippen molar-refractivity contribution in [3.8, 4) is 11.3 Å². The summed E-state index contributed by atoms with van der Waals surface area (Å²) < 4.78 is 26.5. The van der Waals surface area contributed by atoms with Crippen molar-refractivity contribution in [3.05, 3.63) is 35.2 Å². The largest absolute Gasteiger partial charge is 0.343 e. The molecule has 0 spiro atoms. The van der Waals surface area contributed by atoms with Gasteiger partial charge in [-0.25, -0.2) is 13.8 Å². The number of hydrogen-bond donors (Lipinski definition) is 1. The SMILES string of the molecule is CC(=O)N(C)C1CCN(C(C)C(=O)Nc2nc(-c3ccc(F)c(F)c3)cs2)CC1. The van der Waals surface area contributed by atoms with Crippen LogP contribution in [0.1, 0.15) is 26.7 Å². The molecule has 2 aromatic rings. The van der Waals surface area contributed by atoms with Crippen LogP contribution < -0.4 is 5.32 Å². The van der Waals surface area contributed by atoms with Gasteiger partial charge in [-0.15, -0.1) is 11.3 Å². The molecule has 1 aromatic heterocycles. The zero-order valence-corrected chi connectivity index (χ0v) is 17.4. The molecule has 1 aliphatic heterocycles. The number of anilines is 1. The fourth-order valence-electron chi connectivity index (χ4n) is 3.41. The fraction of sp³-hybridized carbons (Fsp3) is 0.450. The highest BCUT2D eigenvalue weighted by Gasteiger charge is 2.29. The molecule has 3 rings (SSSR count). The van der Waals surface area contributed by atoms with Crippen molar-refractivity contribution in [1.29, 1.82) is 0 Å². The number of rotatable bonds is 5. The van der Waals surface area contributed by atoms with Crippen molar-refractivity contribution in [1.82, 2.24) is 14.8 Å². The second-order valence-corrected chi connectivity index (χ2v) is 8.09. The Bertz CT molecular complexity index is 896. The predicted molar refractivity (Wildman–Crippen MR) is 109 cm³/mol. The van der Waals surface area contributed by atoms with E-state index in [9.17, 15) is 18.4 Å². The van der Waals surface area contributed by atoms with E-state index < -0.39 is 11.6 Å². The standard InChI is InChI=1S/C20H24F2N4O2S/c1-12(26-8-6-15(7-9-26)25(3)13(2)27)19(28)24-20-23-18(11-29-20)14-4-5-16(21)17(22)10-14/h4-5,10-12,15H,6-9H2,1-3H3,(H,23,24,28). The molecule has 1 fully saturated rings. The monoisotopic (exact) mass is 422 g/mol. The number of carbonyl (C=O) groups excluding carboxylic acids is 2. The number of likely N-dealkylation sites (tertiary alicyclic amines) is 1. The maximum absolute atomic E-state index is 13.4. The summed E-state index contributed by atoms with van der Waals surface area (Å²) in [4.78, 5) is 32.3. The lowest BCUT2D eigenvalue weighted by molar-refractivity contribution is -0.131. The quantitative estimate of drug-likeness (QED) is 0.803. The molecule has 0 saturated carbocycles. The zero-order chi connectivity index (χ0) is 21.1. The average molecular weight is 423 g/mol. The molecule has 1 unspecified atom stereocenters. The van der Waals surface area contributed by atoms with Crippen molar-refractivity contribution in [2.75, 3.05) is 25.5 Å². The molecule has 9 heteroatoms. The number of benzene rings is 1. The molecule has 0 bridgehead atoms. The van der Waals surface area contributed by atoms with Gasteiger partial charge in [0.25, 0.3) is 0 Å². The van der Waals surface area contributed by atoms with Crippen LogP contribution in [-0.2, 0) is 9.59 Å². The lowest BCUT2D eigenvalue weighted by Gasteiger charge is -2.38. The third-order valence-electron chi connectivity index (χ3n) is 5.42. The highest BCUT2D eigenvalue weighted by Crippen LogP contribution is 2.26. The second-order valence-electron chi connectivity index (χ2n) is 7.23. The molecular formula is C20H24F2N4O2S. The lowest BCUT2D eigenvalue weighted by atomic mass is 10.0. The van der Waals surface area contributed by atoms with Crippen LogP contribution in [0.4, 0.5) is 13.9 Å². The van der Waals surface area contributed by atoms with Crippen molar-refractivity contribution >= 4 is 28.3 Å². The topological polar surface area (TPSA) is 65.5 Å². The Kier molecular flexibility index (Phi) is 6.59. The van der Waals surface area contributed by atoms with E-state index >= 15 is 0 Å². The van der Waals surface area contributed by atoms with Crippen LogP contribution in [0, 0.1) is 11.6 Å². The van der Waals surface area contributed by atoms with Gasteiger partial charge in [0, 0.05) is 44.0 Å². The van der Waals surface area contributed by atoms with E-state index in [-0.39, 0.29) is 23.9 Å². The Labute approximate surface area is 172 Å². The molecule has 0 aliphatic carbocycles. The van der Waals surface area contributed by atoms with Gasteiger partial charge in [-0.05, 0) is 38.0 Å². The number of hydrogen-bond acceptors (Lipinski definition) is 5. The first-order valence-electron chi connectivity index (χ1n) is 9.45. The van der Waals surface area contributed by atoms with Crippen LogP contribution in [0.2, 0.25) is 0 Å². The van der Waals surface area contributed by atoms with Crippen molar-refractivity contribution in [3.63, 3.8) is 0 Å². The minimum Gasteiger partial charge on any atom is -0.343 e. The number of piperidine rings is 1. The number of thiazole rings is 1. The third-order valence-corrected chi connectivity index (χ3v) is 6.18. The Morgan fingerprint density at radius 2 is 1.97 bits per heavy atom. The molecule has 1 aliphatic rings. The summed E-state index contributed by atoms with van der Waals surface area (Å²) in [6.45, 7) is 4.86. The Morgan fingerprint density at radius 1 is 1.28 bits per heavy atom. The second kappa shape index (κ2) is 8.96. The van der Waals surface area contributed by atoms with E-state index in [4.69, 9.17) is 0 Å². The molecule has 29 heavy (non-hydrogen) atoms. The highest BCUT2D eigenvalue weighted by molar-refractivity contribution is 7.14. The average Bonchev–Trinajstić information content (AvgIpc) is 3.17. The van der Waals surface area contributed by atoms with E-state index in [0.29, 0.717) is 16.4 Å². The maximum atomic E-state index is 13.4. The van der Waals surface area contributed by atoms with Gasteiger partial charge in [0.2, 0.25) is 11.8 Å². The first kappa shape index (κ1) is 21.3. The molecule has 0 radical (unpaired) electrons. The number of nitrogens with one attached hydrogen (secondary N) is 1. The van der Waals surface area contributed by atoms with Crippen molar-refractivity contribution in [2.24, 2.45) is 0 Å². The van der Waals surface area contributed by atoms with Gasteiger partial charge in [0.05, 0.1) is 11.7 Å². The molecule has 156 valence electrons. The summed E-state index contributed by atoms with van der Waals surface area (Å²) in [5.41, 5.74) is 0.926. The third kappa shape index (κ3) is 4.97. The van der Waals surface area contributed by atoms with Gasteiger partial charge < -0.3 is 10.2 Å². The number of carbonyl (C=O) groups is 2. The number of aromatic nitrogens is 1. The Balaban J connectivity index is 1.57. The van der Waals surface area contributed by atoms with E-state index in [1.165, 1.54) is 17.4 Å². The van der Waals surface area contributed by atoms with Crippen LogP contribution in [0.15, 0.2) is 23.6 Å². The molecule has 6 nitrogen and oxygen atoms in total. The normalized spacial score (nSPS) is 16.4. The highest BCUT2D eigenvalue weighted by atomic mass is 32.1. The molecule has 1 atom stereocenters. The van der Waals surface area contributed by atoms with Crippen LogP contribution >= 0.6 is 11.3 Å². The summed E-state index contributed by atoms with van der Waals surface area (Å²) in [6.07, 6.45) is 1.65. The van der Waals surface area contributed by atoms with E-state index in [2.05, 4.69) is 15.2 Å². The summed E-state index contributed by atoms with van der Waals surface area (Å²) in [5, 5.41) is 4.90. The molecule has 2 amide bonds. The molecule has 1 saturated heterocycles. The first-order valence-corrected chi connectivity index (χ1v) is 10.3. The smallest absolute Gasteiger partial charge is 0.243 e. The summed E-state index contributed by atoms with van der Waals surface area (Å²) in [5.74, 6) is -1.97. The minimum absolute atomic E-state index is 0.0508. The lowest BCUT2D eigenvalue weighted by Crippen LogP contribution is -2.50. The zero-order valence-electron chi connectivity index (χ0n) is 16.6. The molecule has 1 aromatic carbocycles. The van der Waals surface area contributed by atoms with E-state index in [0.717, 1.165) is 38.1 Å². The fourth-order valence-corrected chi connectivity index (χ4v) is 4.14. The van der Waals surface area contributed by atoms with Crippen molar-refractivity contribution < 1.29 is 18.4 Å². The molecule has 2 heterocycles.